The zero-order valence-corrected chi connectivity index (χ0v) is 20.3. The lowest BCUT2D eigenvalue weighted by atomic mass is 9.49. The average Bonchev–Trinajstić information content (AvgIpc) is 3.06. The van der Waals surface area contributed by atoms with Gasteiger partial charge in [0.15, 0.2) is 16.3 Å². The molecule has 1 aliphatic heterocycles. The van der Waals surface area contributed by atoms with Gasteiger partial charge in [0.2, 0.25) is 5.75 Å². The highest BCUT2D eigenvalue weighted by Crippen LogP contribution is 2.60. The summed E-state index contributed by atoms with van der Waals surface area (Å²) in [5, 5.41) is 0. The van der Waals surface area contributed by atoms with Gasteiger partial charge in [0.25, 0.3) is 5.91 Å². The number of hydrogen-bond donors (Lipinski definition) is 0. The van der Waals surface area contributed by atoms with Crippen LogP contribution in [0.2, 0.25) is 0 Å². The number of carbonyl (C=O) groups excluding carboxylic acids is 1. The van der Waals surface area contributed by atoms with Crippen molar-refractivity contribution in [2.45, 2.75) is 58.9 Å². The SMILES string of the molecule is Cc1sc(=NC(=O)C23CC4CC(CC(C4)C2)C3)n(CCOc2cccc3c2OCCO3)c1C. The molecule has 0 radical (unpaired) electrons. The molecule has 33 heavy (non-hydrogen) atoms. The minimum absolute atomic E-state index is 0.125. The summed E-state index contributed by atoms with van der Waals surface area (Å²) in [5.41, 5.74) is 0.949. The highest BCUT2D eigenvalue weighted by Gasteiger charge is 2.54. The van der Waals surface area contributed by atoms with Crippen molar-refractivity contribution in [3.63, 3.8) is 0 Å². The quantitative estimate of drug-likeness (QED) is 0.640. The van der Waals surface area contributed by atoms with E-state index in [1.165, 1.54) is 24.1 Å². The number of aryl methyl sites for hydroxylation is 1. The van der Waals surface area contributed by atoms with Crippen LogP contribution in [0.3, 0.4) is 0 Å². The normalized spacial score (nSPS) is 30.0. The van der Waals surface area contributed by atoms with Gasteiger partial charge in [-0.15, -0.1) is 11.3 Å². The Labute approximate surface area is 198 Å². The third-order valence-corrected chi connectivity index (χ3v) is 9.28. The first-order valence-electron chi connectivity index (χ1n) is 12.3. The number of para-hydroxylation sites is 1. The second kappa shape index (κ2) is 8.19. The smallest absolute Gasteiger partial charge is 0.254 e. The Morgan fingerprint density at radius 2 is 1.82 bits per heavy atom. The third-order valence-electron chi connectivity index (χ3n) is 8.18. The fraction of sp³-hybridized carbons (Fsp3) is 0.615. The first kappa shape index (κ1) is 21.3. The molecule has 4 aliphatic carbocycles. The molecular formula is C26H32N2O4S. The Kier molecular flexibility index (Phi) is 5.28. The van der Waals surface area contributed by atoms with Crippen LogP contribution in [0.4, 0.5) is 0 Å². The van der Waals surface area contributed by atoms with Gasteiger partial charge >= 0.3 is 0 Å². The second-order valence-electron chi connectivity index (χ2n) is 10.4. The van der Waals surface area contributed by atoms with Crippen LogP contribution in [0.15, 0.2) is 23.2 Å². The molecule has 5 aliphatic rings. The molecule has 7 rings (SSSR count). The first-order chi connectivity index (χ1) is 16.0. The van der Waals surface area contributed by atoms with Crippen molar-refractivity contribution in [3.05, 3.63) is 33.6 Å². The standard InChI is InChI=1S/C26H32N2O4S/c1-16-17(2)33-25(27-24(29)26-13-18-10-19(14-26)12-20(11-18)15-26)28(16)6-7-30-21-4-3-5-22-23(21)32-9-8-31-22/h3-5,18-20H,6-15H2,1-2H3. The summed E-state index contributed by atoms with van der Waals surface area (Å²) in [6.07, 6.45) is 7.15. The highest BCUT2D eigenvalue weighted by atomic mass is 32.1. The maximum atomic E-state index is 13.6. The van der Waals surface area contributed by atoms with Gasteiger partial charge in [-0.05, 0) is 82.3 Å². The predicted molar refractivity (Wildman–Crippen MR) is 126 cm³/mol. The van der Waals surface area contributed by atoms with Gasteiger partial charge in [-0.3, -0.25) is 4.79 Å². The number of thiazole rings is 1. The van der Waals surface area contributed by atoms with E-state index in [-0.39, 0.29) is 11.3 Å². The van der Waals surface area contributed by atoms with Crippen LogP contribution in [0.1, 0.15) is 49.1 Å². The van der Waals surface area contributed by atoms with E-state index in [0.717, 1.165) is 53.3 Å². The zero-order chi connectivity index (χ0) is 22.6. The summed E-state index contributed by atoms with van der Waals surface area (Å²) in [6, 6.07) is 5.72. The molecule has 4 fully saturated rings. The van der Waals surface area contributed by atoms with E-state index in [4.69, 9.17) is 19.2 Å². The number of fused-ring (bicyclic) bond motifs is 1. The molecule has 2 aromatic rings. The Bertz CT molecular complexity index is 1110. The van der Waals surface area contributed by atoms with E-state index in [0.29, 0.717) is 37.9 Å². The number of benzene rings is 1. The lowest BCUT2D eigenvalue weighted by Crippen LogP contribution is -2.50. The van der Waals surface area contributed by atoms with Crippen LogP contribution in [0.25, 0.3) is 0 Å². The monoisotopic (exact) mass is 468 g/mol. The molecule has 1 aromatic carbocycles. The van der Waals surface area contributed by atoms with Crippen molar-refractivity contribution >= 4 is 17.2 Å². The van der Waals surface area contributed by atoms with Crippen LogP contribution < -0.4 is 19.0 Å². The summed E-state index contributed by atoms with van der Waals surface area (Å²) in [4.78, 5) is 20.3. The van der Waals surface area contributed by atoms with Crippen molar-refractivity contribution < 1.29 is 19.0 Å². The van der Waals surface area contributed by atoms with Gasteiger partial charge in [0, 0.05) is 10.6 Å². The van der Waals surface area contributed by atoms with E-state index < -0.39 is 0 Å². The van der Waals surface area contributed by atoms with Crippen LogP contribution in [-0.2, 0) is 11.3 Å². The van der Waals surface area contributed by atoms with Crippen LogP contribution >= 0.6 is 11.3 Å². The Hall–Kier alpha value is -2.28. The summed E-state index contributed by atoms with van der Waals surface area (Å²) in [6.45, 7) is 6.39. The van der Waals surface area contributed by atoms with E-state index in [9.17, 15) is 4.79 Å². The topological polar surface area (TPSA) is 62.1 Å². The second-order valence-corrected chi connectivity index (χ2v) is 11.6. The van der Waals surface area contributed by atoms with Crippen LogP contribution in [0, 0.1) is 37.0 Å². The molecule has 4 saturated carbocycles. The van der Waals surface area contributed by atoms with E-state index in [1.807, 2.05) is 18.2 Å². The molecule has 1 aromatic heterocycles. The fourth-order valence-corrected chi connectivity index (χ4v) is 7.93. The number of ether oxygens (including phenoxy) is 3. The molecule has 0 N–H and O–H groups in total. The number of hydrogen-bond acceptors (Lipinski definition) is 5. The minimum Gasteiger partial charge on any atom is -0.488 e. The van der Waals surface area contributed by atoms with Crippen LogP contribution in [-0.4, -0.2) is 30.3 Å². The Balaban J connectivity index is 1.22. The Morgan fingerprint density at radius 1 is 1.12 bits per heavy atom. The Morgan fingerprint density at radius 3 is 2.55 bits per heavy atom. The van der Waals surface area contributed by atoms with E-state index in [2.05, 4.69) is 18.4 Å². The van der Waals surface area contributed by atoms with Crippen LogP contribution in [0.5, 0.6) is 17.2 Å². The molecule has 6 nitrogen and oxygen atoms in total. The van der Waals surface area contributed by atoms with Gasteiger partial charge in [-0.25, -0.2) is 0 Å². The summed E-state index contributed by atoms with van der Waals surface area (Å²) in [7, 11) is 0. The van der Waals surface area contributed by atoms with Gasteiger partial charge in [-0.1, -0.05) is 6.07 Å². The molecule has 0 spiro atoms. The molecule has 0 atom stereocenters. The molecule has 0 unspecified atom stereocenters. The van der Waals surface area contributed by atoms with E-state index >= 15 is 0 Å². The average molecular weight is 469 g/mol. The van der Waals surface area contributed by atoms with Crippen molar-refractivity contribution in [3.8, 4) is 17.2 Å². The van der Waals surface area contributed by atoms with Gasteiger partial charge in [0.05, 0.1) is 12.0 Å². The van der Waals surface area contributed by atoms with Crippen molar-refractivity contribution in [1.29, 1.82) is 0 Å². The summed E-state index contributed by atoms with van der Waals surface area (Å²) < 4.78 is 19.6. The number of rotatable bonds is 5. The minimum atomic E-state index is -0.199. The van der Waals surface area contributed by atoms with E-state index in [1.54, 1.807) is 11.3 Å². The maximum Gasteiger partial charge on any atom is 0.254 e. The maximum absolute atomic E-state index is 13.6. The predicted octanol–water partition coefficient (Wildman–Crippen LogP) is 4.66. The fourth-order valence-electron chi connectivity index (χ4n) is 6.93. The lowest BCUT2D eigenvalue weighted by molar-refractivity contribution is -0.142. The number of amides is 1. The van der Waals surface area contributed by atoms with Gasteiger partial charge in [0.1, 0.15) is 19.8 Å². The molecule has 176 valence electrons. The van der Waals surface area contributed by atoms with Crippen molar-refractivity contribution in [1.82, 2.24) is 4.57 Å². The molecular weight excluding hydrogens is 436 g/mol. The molecule has 7 heteroatoms. The van der Waals surface area contributed by atoms with Gasteiger partial charge < -0.3 is 18.8 Å². The number of carbonyl (C=O) groups is 1. The molecule has 1 amide bonds. The van der Waals surface area contributed by atoms with Crippen molar-refractivity contribution in [2.24, 2.45) is 28.2 Å². The number of nitrogens with zero attached hydrogens (tertiary/aromatic N) is 2. The largest absolute Gasteiger partial charge is 0.488 e. The first-order valence-corrected chi connectivity index (χ1v) is 13.1. The zero-order valence-electron chi connectivity index (χ0n) is 19.5. The van der Waals surface area contributed by atoms with Crippen molar-refractivity contribution in [2.75, 3.05) is 19.8 Å². The van der Waals surface area contributed by atoms with Gasteiger partial charge in [-0.2, -0.15) is 4.99 Å². The summed E-state index contributed by atoms with van der Waals surface area (Å²) in [5.74, 6) is 4.45. The third kappa shape index (κ3) is 3.78. The number of aromatic nitrogens is 1. The lowest BCUT2D eigenvalue weighted by Gasteiger charge is -2.55. The highest BCUT2D eigenvalue weighted by molar-refractivity contribution is 7.09. The molecule has 2 heterocycles. The molecule has 4 bridgehead atoms. The summed E-state index contributed by atoms with van der Waals surface area (Å²) >= 11 is 1.62. The molecule has 0 saturated heterocycles.